The fraction of sp³-hybridized carbons (Fsp3) is 0.238. The summed E-state index contributed by atoms with van der Waals surface area (Å²) in [7, 11) is 0. The lowest BCUT2D eigenvalue weighted by Crippen LogP contribution is -2.28. The van der Waals surface area contributed by atoms with Crippen molar-refractivity contribution in [2.24, 2.45) is 0 Å². The van der Waals surface area contributed by atoms with Crippen LogP contribution in [0.5, 0.6) is 0 Å². The molecule has 29 heavy (non-hydrogen) atoms. The monoisotopic (exact) mass is 393 g/mol. The van der Waals surface area contributed by atoms with Crippen LogP contribution in [-0.4, -0.2) is 20.7 Å². The van der Waals surface area contributed by atoms with Crippen molar-refractivity contribution in [3.63, 3.8) is 0 Å². The summed E-state index contributed by atoms with van der Waals surface area (Å²) in [4.78, 5) is 22.7. The van der Waals surface area contributed by atoms with E-state index >= 15 is 0 Å². The van der Waals surface area contributed by atoms with E-state index in [9.17, 15) is 14.9 Å². The summed E-state index contributed by atoms with van der Waals surface area (Å²) in [5.41, 5.74) is 5.00. The molecule has 150 valence electrons. The summed E-state index contributed by atoms with van der Waals surface area (Å²) in [5, 5.41) is 21.0. The van der Waals surface area contributed by atoms with Gasteiger partial charge in [-0.1, -0.05) is 30.3 Å². The maximum Gasteiger partial charge on any atom is 0.319 e. The molecular formula is C21H23N5O3. The molecule has 0 atom stereocenters. The number of nitro benzene ring substituents is 1. The number of amides is 2. The first kappa shape index (κ1) is 20.1. The second kappa shape index (κ2) is 8.55. The summed E-state index contributed by atoms with van der Waals surface area (Å²) in [6.07, 6.45) is 0. The number of hydrogen-bond donors (Lipinski definition) is 2. The summed E-state index contributed by atoms with van der Waals surface area (Å²) in [6, 6.07) is 14.2. The molecular weight excluding hydrogens is 370 g/mol. The van der Waals surface area contributed by atoms with E-state index in [0.717, 1.165) is 22.5 Å². The van der Waals surface area contributed by atoms with Crippen molar-refractivity contribution < 1.29 is 9.72 Å². The predicted octanol–water partition coefficient (Wildman–Crippen LogP) is 4.09. The van der Waals surface area contributed by atoms with Gasteiger partial charge in [0.15, 0.2) is 0 Å². The molecule has 0 unspecified atom stereocenters. The molecule has 2 N–H and O–H groups in total. The van der Waals surface area contributed by atoms with Gasteiger partial charge in [-0.2, -0.15) is 5.10 Å². The summed E-state index contributed by atoms with van der Waals surface area (Å²) >= 11 is 0. The van der Waals surface area contributed by atoms with Gasteiger partial charge in [-0.05, 0) is 38.5 Å². The molecule has 0 aliphatic rings. The molecule has 0 saturated heterocycles. The zero-order valence-electron chi connectivity index (χ0n) is 16.6. The number of aryl methyl sites for hydroxylation is 2. The number of aromatic nitrogens is 2. The molecule has 0 saturated carbocycles. The normalized spacial score (nSPS) is 10.6. The fourth-order valence-electron chi connectivity index (χ4n) is 3.18. The number of rotatable bonds is 6. The largest absolute Gasteiger partial charge is 0.334 e. The van der Waals surface area contributed by atoms with Crippen LogP contribution < -0.4 is 10.6 Å². The Balaban J connectivity index is 1.63. The molecule has 0 radical (unpaired) electrons. The number of benzene rings is 2. The highest BCUT2D eigenvalue weighted by molar-refractivity contribution is 5.89. The molecule has 8 nitrogen and oxygen atoms in total. The minimum Gasteiger partial charge on any atom is -0.334 e. The van der Waals surface area contributed by atoms with Gasteiger partial charge in [0, 0.05) is 35.1 Å². The topological polar surface area (TPSA) is 102 Å². The Morgan fingerprint density at radius 2 is 1.86 bits per heavy atom. The van der Waals surface area contributed by atoms with Crippen molar-refractivity contribution in [1.82, 2.24) is 15.1 Å². The van der Waals surface area contributed by atoms with Crippen LogP contribution in [0.15, 0.2) is 48.5 Å². The Bertz CT molecular complexity index is 1040. The van der Waals surface area contributed by atoms with Gasteiger partial charge in [0.05, 0.1) is 17.2 Å². The standard InChI is InChI=1S/C21H23N5O3/c1-14-11-18(9-10-20(14)26(28)29)23-21(27)22-12-19-15(2)24-25(16(19)3)13-17-7-5-4-6-8-17/h4-11H,12-13H2,1-3H3,(H2,22,23,27). The van der Waals surface area contributed by atoms with Crippen LogP contribution in [-0.2, 0) is 13.1 Å². The van der Waals surface area contributed by atoms with Gasteiger partial charge >= 0.3 is 6.03 Å². The highest BCUT2D eigenvalue weighted by Crippen LogP contribution is 2.21. The predicted molar refractivity (Wildman–Crippen MR) is 111 cm³/mol. The second-order valence-corrected chi connectivity index (χ2v) is 6.86. The molecule has 0 aliphatic heterocycles. The van der Waals surface area contributed by atoms with Crippen LogP contribution in [0, 0.1) is 30.9 Å². The number of anilines is 1. The third-order valence-corrected chi connectivity index (χ3v) is 4.78. The number of nitro groups is 1. The number of nitrogens with one attached hydrogen (secondary N) is 2. The Hall–Kier alpha value is -3.68. The SMILES string of the molecule is Cc1cc(NC(=O)NCc2c(C)nn(Cc3ccccc3)c2C)ccc1[N+](=O)[O-]. The highest BCUT2D eigenvalue weighted by atomic mass is 16.6. The van der Waals surface area contributed by atoms with Crippen LogP contribution in [0.4, 0.5) is 16.2 Å². The van der Waals surface area contributed by atoms with Gasteiger partial charge < -0.3 is 10.6 Å². The molecule has 0 aliphatic carbocycles. The summed E-state index contributed by atoms with van der Waals surface area (Å²) in [6.45, 7) is 6.54. The van der Waals surface area contributed by atoms with Crippen molar-refractivity contribution >= 4 is 17.4 Å². The van der Waals surface area contributed by atoms with Crippen LogP contribution >= 0.6 is 0 Å². The van der Waals surface area contributed by atoms with Crippen LogP contribution in [0.1, 0.15) is 28.1 Å². The second-order valence-electron chi connectivity index (χ2n) is 6.86. The van der Waals surface area contributed by atoms with Gasteiger partial charge in [0.2, 0.25) is 0 Å². The van der Waals surface area contributed by atoms with E-state index in [1.165, 1.54) is 12.1 Å². The molecule has 0 fully saturated rings. The third-order valence-electron chi connectivity index (χ3n) is 4.78. The zero-order valence-corrected chi connectivity index (χ0v) is 16.6. The maximum absolute atomic E-state index is 12.3. The smallest absolute Gasteiger partial charge is 0.319 e. The van der Waals surface area contributed by atoms with Gasteiger partial charge in [0.1, 0.15) is 0 Å². The van der Waals surface area contributed by atoms with Crippen molar-refractivity contribution in [3.8, 4) is 0 Å². The number of urea groups is 1. The van der Waals surface area contributed by atoms with E-state index in [4.69, 9.17) is 0 Å². The lowest BCUT2D eigenvalue weighted by Gasteiger charge is -2.09. The molecule has 1 heterocycles. The third kappa shape index (κ3) is 4.78. The van der Waals surface area contributed by atoms with Crippen LogP contribution in [0.2, 0.25) is 0 Å². The zero-order chi connectivity index (χ0) is 21.0. The van der Waals surface area contributed by atoms with E-state index in [0.29, 0.717) is 24.3 Å². The molecule has 3 rings (SSSR count). The van der Waals surface area contributed by atoms with E-state index in [-0.39, 0.29) is 11.7 Å². The van der Waals surface area contributed by atoms with Crippen LogP contribution in [0.3, 0.4) is 0 Å². The van der Waals surface area contributed by atoms with Gasteiger partial charge in [0.25, 0.3) is 5.69 Å². The molecule has 2 aromatic carbocycles. The average molecular weight is 393 g/mol. The number of carbonyl (C=O) groups is 1. The Labute approximate surface area is 168 Å². The first-order valence-electron chi connectivity index (χ1n) is 9.22. The maximum atomic E-state index is 12.3. The van der Waals surface area contributed by atoms with Gasteiger partial charge in [-0.15, -0.1) is 0 Å². The van der Waals surface area contributed by atoms with Crippen molar-refractivity contribution in [2.75, 3.05) is 5.32 Å². The minimum absolute atomic E-state index is 0.0213. The Morgan fingerprint density at radius 3 is 2.52 bits per heavy atom. The van der Waals surface area contributed by atoms with Crippen molar-refractivity contribution in [3.05, 3.63) is 86.7 Å². The van der Waals surface area contributed by atoms with Gasteiger partial charge in [-0.25, -0.2) is 4.79 Å². The lowest BCUT2D eigenvalue weighted by molar-refractivity contribution is -0.385. The van der Waals surface area contributed by atoms with E-state index < -0.39 is 4.92 Å². The van der Waals surface area contributed by atoms with E-state index in [2.05, 4.69) is 15.7 Å². The van der Waals surface area contributed by atoms with E-state index in [1.807, 2.05) is 48.9 Å². The minimum atomic E-state index is -0.447. The number of nitrogens with zero attached hydrogens (tertiary/aromatic N) is 3. The van der Waals surface area contributed by atoms with E-state index in [1.54, 1.807) is 13.0 Å². The molecule has 1 aromatic heterocycles. The first-order valence-corrected chi connectivity index (χ1v) is 9.22. The quantitative estimate of drug-likeness (QED) is 0.486. The molecule has 0 spiro atoms. The fourth-order valence-corrected chi connectivity index (χ4v) is 3.18. The molecule has 2 amide bonds. The Morgan fingerprint density at radius 1 is 1.14 bits per heavy atom. The Kier molecular flexibility index (Phi) is 5.92. The van der Waals surface area contributed by atoms with Crippen molar-refractivity contribution in [2.45, 2.75) is 33.9 Å². The number of hydrogen-bond acceptors (Lipinski definition) is 4. The summed E-state index contributed by atoms with van der Waals surface area (Å²) < 4.78 is 1.93. The average Bonchev–Trinajstić information content (AvgIpc) is 2.93. The first-order chi connectivity index (χ1) is 13.8. The van der Waals surface area contributed by atoms with Gasteiger partial charge in [-0.3, -0.25) is 14.8 Å². The van der Waals surface area contributed by atoms with Crippen molar-refractivity contribution in [1.29, 1.82) is 0 Å². The highest BCUT2D eigenvalue weighted by Gasteiger charge is 2.14. The number of carbonyl (C=O) groups excluding carboxylic acids is 1. The summed E-state index contributed by atoms with van der Waals surface area (Å²) in [5.74, 6) is 0. The molecule has 8 heteroatoms. The van der Waals surface area contributed by atoms with Crippen LogP contribution in [0.25, 0.3) is 0 Å². The molecule has 3 aromatic rings. The molecule has 0 bridgehead atoms. The lowest BCUT2D eigenvalue weighted by atomic mass is 10.2.